The van der Waals surface area contributed by atoms with E-state index >= 15 is 0 Å². The number of aryl methyl sites for hydroxylation is 1. The number of aromatic nitrogens is 1. The first-order valence-corrected chi connectivity index (χ1v) is 10.9. The van der Waals surface area contributed by atoms with Crippen LogP contribution in [0.2, 0.25) is 10.0 Å². The van der Waals surface area contributed by atoms with E-state index in [1.165, 1.54) is 7.05 Å². The molecule has 0 aliphatic rings. The Morgan fingerprint density at radius 1 is 1.20 bits per heavy atom. The molecule has 35 heavy (non-hydrogen) atoms. The van der Waals surface area contributed by atoms with Crippen LogP contribution < -0.4 is 10.9 Å². The molecule has 0 saturated heterocycles. The van der Waals surface area contributed by atoms with Crippen molar-refractivity contribution in [3.05, 3.63) is 91.6 Å². The Hall–Kier alpha value is -3.04. The summed E-state index contributed by atoms with van der Waals surface area (Å²) >= 11 is 11.8. The van der Waals surface area contributed by atoms with Gasteiger partial charge in [-0.05, 0) is 55.7 Å². The standard InChI is InChI=1S/C24H22Cl2F4N2O3/c1-13(24(28,29)30)9-16(10-14(2)27)20-12-17(21(33)23(35)32(20)3)22(34)31-8-4-5-15-6-7-18(25)19(26)11-15/h6-7,9-12,33H,2,4-5,8H2,1,3H3,(H,31,34)/b13-9+,16-10+. The maximum atomic E-state index is 13.5. The molecule has 0 aliphatic heterocycles. The number of allylic oxidation sites excluding steroid dienone is 5. The van der Waals surface area contributed by atoms with E-state index in [1.807, 2.05) is 0 Å². The van der Waals surface area contributed by atoms with Crippen LogP contribution in [0, 0.1) is 0 Å². The number of pyridine rings is 1. The highest BCUT2D eigenvalue weighted by atomic mass is 35.5. The summed E-state index contributed by atoms with van der Waals surface area (Å²) in [5.41, 5.74) is -2.29. The summed E-state index contributed by atoms with van der Waals surface area (Å²) in [6.07, 6.45) is -2.38. The number of carbonyl (C=O) groups excluding carboxylic acids is 1. The zero-order chi connectivity index (χ0) is 26.5. The van der Waals surface area contributed by atoms with Gasteiger partial charge in [0.15, 0.2) is 5.75 Å². The third-order valence-corrected chi connectivity index (χ3v) is 5.73. The molecule has 1 amide bonds. The Morgan fingerprint density at radius 3 is 2.43 bits per heavy atom. The van der Waals surface area contributed by atoms with Crippen molar-refractivity contribution in [1.82, 2.24) is 9.88 Å². The highest BCUT2D eigenvalue weighted by molar-refractivity contribution is 6.42. The number of hydrogen-bond acceptors (Lipinski definition) is 3. The Bertz CT molecular complexity index is 1260. The summed E-state index contributed by atoms with van der Waals surface area (Å²) in [5.74, 6) is -2.79. The molecule has 0 spiro atoms. The van der Waals surface area contributed by atoms with Crippen LogP contribution in [0.1, 0.15) is 35.0 Å². The summed E-state index contributed by atoms with van der Waals surface area (Å²) in [6, 6.07) is 6.12. The topological polar surface area (TPSA) is 71.3 Å². The van der Waals surface area contributed by atoms with Gasteiger partial charge in [-0.2, -0.15) is 13.2 Å². The van der Waals surface area contributed by atoms with Gasteiger partial charge in [0.05, 0.1) is 21.3 Å². The molecule has 0 saturated carbocycles. The van der Waals surface area contributed by atoms with Gasteiger partial charge in [-0.3, -0.25) is 9.59 Å². The van der Waals surface area contributed by atoms with Crippen molar-refractivity contribution in [3.8, 4) is 5.75 Å². The van der Waals surface area contributed by atoms with Crippen molar-refractivity contribution in [2.75, 3.05) is 6.54 Å². The first kappa shape index (κ1) is 28.2. The predicted molar refractivity (Wildman–Crippen MR) is 129 cm³/mol. The van der Waals surface area contributed by atoms with Crippen LogP contribution >= 0.6 is 23.2 Å². The molecule has 188 valence electrons. The number of carbonyl (C=O) groups is 1. The number of aromatic hydroxyl groups is 1. The molecule has 1 heterocycles. The van der Waals surface area contributed by atoms with E-state index in [4.69, 9.17) is 23.2 Å². The second-order valence-electron chi connectivity index (χ2n) is 7.64. The van der Waals surface area contributed by atoms with Gasteiger partial charge in [0.25, 0.3) is 11.5 Å². The van der Waals surface area contributed by atoms with Gasteiger partial charge < -0.3 is 15.0 Å². The molecule has 2 N–H and O–H groups in total. The number of rotatable bonds is 8. The van der Waals surface area contributed by atoms with Crippen molar-refractivity contribution in [3.63, 3.8) is 0 Å². The average Bonchev–Trinajstić information content (AvgIpc) is 2.76. The smallest absolute Gasteiger partial charge is 0.412 e. The summed E-state index contributed by atoms with van der Waals surface area (Å²) < 4.78 is 53.5. The molecule has 0 aliphatic carbocycles. The van der Waals surface area contributed by atoms with Gasteiger partial charge in [0, 0.05) is 24.7 Å². The summed E-state index contributed by atoms with van der Waals surface area (Å²) in [7, 11) is 1.17. The first-order valence-electron chi connectivity index (χ1n) is 10.2. The van der Waals surface area contributed by atoms with E-state index in [-0.39, 0.29) is 17.8 Å². The van der Waals surface area contributed by atoms with Crippen LogP contribution in [0.25, 0.3) is 5.57 Å². The monoisotopic (exact) mass is 532 g/mol. The quantitative estimate of drug-likeness (QED) is 0.244. The van der Waals surface area contributed by atoms with E-state index in [1.54, 1.807) is 18.2 Å². The summed E-state index contributed by atoms with van der Waals surface area (Å²) in [5, 5.41) is 13.6. The molecule has 2 rings (SSSR count). The number of nitrogens with zero attached hydrogens (tertiary/aromatic N) is 1. The van der Waals surface area contributed by atoms with Gasteiger partial charge in [0.1, 0.15) is 5.83 Å². The number of amides is 1. The zero-order valence-corrected chi connectivity index (χ0v) is 20.3. The fourth-order valence-corrected chi connectivity index (χ4v) is 3.41. The molecular weight excluding hydrogens is 511 g/mol. The normalized spacial score (nSPS) is 12.6. The van der Waals surface area contributed by atoms with Crippen LogP contribution in [-0.4, -0.2) is 28.3 Å². The van der Waals surface area contributed by atoms with Crippen LogP contribution in [0.5, 0.6) is 5.75 Å². The predicted octanol–water partition coefficient (Wildman–Crippen LogP) is 6.14. The molecule has 0 fully saturated rings. The zero-order valence-electron chi connectivity index (χ0n) is 18.8. The number of nitrogens with one attached hydrogen (secondary N) is 1. The molecule has 0 bridgehead atoms. The summed E-state index contributed by atoms with van der Waals surface area (Å²) in [4.78, 5) is 25.1. The second kappa shape index (κ2) is 11.6. The maximum Gasteiger partial charge on any atom is 0.412 e. The molecule has 0 radical (unpaired) electrons. The Labute approximate surface area is 209 Å². The van der Waals surface area contributed by atoms with E-state index in [0.717, 1.165) is 23.1 Å². The van der Waals surface area contributed by atoms with Crippen molar-refractivity contribution >= 4 is 34.7 Å². The molecule has 11 heteroatoms. The average molecular weight is 533 g/mol. The molecule has 2 aromatic rings. The Kier molecular flexibility index (Phi) is 9.34. The van der Waals surface area contributed by atoms with Gasteiger partial charge in [-0.1, -0.05) is 35.8 Å². The molecule has 5 nitrogen and oxygen atoms in total. The largest absolute Gasteiger partial charge is 0.502 e. The Morgan fingerprint density at radius 2 is 1.86 bits per heavy atom. The minimum absolute atomic E-state index is 0.153. The fraction of sp³-hybridized carbons (Fsp3) is 0.250. The molecule has 1 aromatic carbocycles. The van der Waals surface area contributed by atoms with Crippen molar-refractivity contribution < 1.29 is 27.5 Å². The lowest BCUT2D eigenvalue weighted by atomic mass is 10.0. The van der Waals surface area contributed by atoms with E-state index < -0.39 is 40.4 Å². The van der Waals surface area contributed by atoms with Gasteiger partial charge in [0.2, 0.25) is 0 Å². The van der Waals surface area contributed by atoms with Crippen molar-refractivity contribution in [2.45, 2.75) is 25.9 Å². The second-order valence-corrected chi connectivity index (χ2v) is 8.45. The lowest BCUT2D eigenvalue weighted by Gasteiger charge is -2.15. The highest BCUT2D eigenvalue weighted by Gasteiger charge is 2.30. The van der Waals surface area contributed by atoms with E-state index in [2.05, 4.69) is 11.9 Å². The van der Waals surface area contributed by atoms with Crippen molar-refractivity contribution in [1.29, 1.82) is 0 Å². The number of alkyl halides is 3. The van der Waals surface area contributed by atoms with Crippen LogP contribution in [0.4, 0.5) is 17.6 Å². The van der Waals surface area contributed by atoms with Gasteiger partial charge >= 0.3 is 6.18 Å². The van der Waals surface area contributed by atoms with E-state index in [0.29, 0.717) is 35.0 Å². The van der Waals surface area contributed by atoms with Crippen LogP contribution in [0.15, 0.2) is 59.2 Å². The van der Waals surface area contributed by atoms with Crippen LogP contribution in [-0.2, 0) is 13.5 Å². The SMILES string of the molecule is C=C(F)/C=C(\C=C(/C)C(F)(F)F)c1cc(C(=O)NCCCc2ccc(Cl)c(Cl)c2)c(O)c(=O)n1C. The molecular formula is C24H22Cl2F4N2O3. The highest BCUT2D eigenvalue weighted by Crippen LogP contribution is 2.30. The minimum atomic E-state index is -4.71. The number of hydrogen-bond donors (Lipinski definition) is 2. The third-order valence-electron chi connectivity index (χ3n) is 4.99. The lowest BCUT2D eigenvalue weighted by molar-refractivity contribution is -0.0912. The first-order chi connectivity index (χ1) is 16.2. The van der Waals surface area contributed by atoms with Crippen LogP contribution in [0.3, 0.4) is 0 Å². The fourth-order valence-electron chi connectivity index (χ4n) is 3.09. The lowest BCUT2D eigenvalue weighted by Crippen LogP contribution is -2.29. The molecule has 0 unspecified atom stereocenters. The number of benzene rings is 1. The van der Waals surface area contributed by atoms with E-state index in [9.17, 15) is 32.3 Å². The minimum Gasteiger partial charge on any atom is -0.502 e. The third kappa shape index (κ3) is 7.47. The molecule has 0 atom stereocenters. The van der Waals surface area contributed by atoms with Gasteiger partial charge in [-0.15, -0.1) is 0 Å². The maximum absolute atomic E-state index is 13.5. The summed E-state index contributed by atoms with van der Waals surface area (Å²) in [6.45, 7) is 3.94. The van der Waals surface area contributed by atoms with Crippen molar-refractivity contribution in [2.24, 2.45) is 7.05 Å². The van der Waals surface area contributed by atoms with Gasteiger partial charge in [-0.25, -0.2) is 4.39 Å². The molecule has 1 aromatic heterocycles. The number of halogens is 6. The Balaban J connectivity index is 2.32.